The van der Waals surface area contributed by atoms with Gasteiger partial charge in [0.05, 0.1) is 16.1 Å². The van der Waals surface area contributed by atoms with Crippen LogP contribution in [-0.2, 0) is 0 Å². The molecule has 4 rings (SSSR count). The summed E-state index contributed by atoms with van der Waals surface area (Å²) in [5, 5.41) is 16.2. The van der Waals surface area contributed by atoms with Crippen molar-refractivity contribution >= 4 is 51.6 Å². The molecule has 0 aliphatic carbocycles. The Hall–Kier alpha value is -3.42. The van der Waals surface area contributed by atoms with Gasteiger partial charge in [-0.2, -0.15) is 0 Å². The zero-order valence-corrected chi connectivity index (χ0v) is 17.3. The summed E-state index contributed by atoms with van der Waals surface area (Å²) in [4.78, 5) is 16.8. The predicted molar refractivity (Wildman–Crippen MR) is 121 cm³/mol. The van der Waals surface area contributed by atoms with E-state index in [1.165, 1.54) is 6.07 Å². The summed E-state index contributed by atoms with van der Waals surface area (Å²) >= 11 is 11.3. The number of hydrogen-bond acceptors (Lipinski definition) is 5. The number of benzene rings is 3. The number of hydrogen-bond donors (Lipinski definition) is 3. The predicted octanol–water partition coefficient (Wildman–Crippen LogP) is 5.29. The number of carbonyl (C=O) groups is 1. The maximum absolute atomic E-state index is 12.3. The summed E-state index contributed by atoms with van der Waals surface area (Å²) < 4.78 is 5.80. The van der Waals surface area contributed by atoms with E-state index in [1.54, 1.807) is 36.4 Å². The Bertz CT molecular complexity index is 1290. The first kappa shape index (κ1) is 19.9. The molecule has 0 aliphatic rings. The van der Waals surface area contributed by atoms with Gasteiger partial charge < -0.3 is 14.8 Å². The van der Waals surface area contributed by atoms with Crippen LogP contribution in [0, 0.1) is 6.92 Å². The number of aromatic nitrogens is 1. The minimum Gasteiger partial charge on any atom is -0.507 e. The molecular weight excluding hydrogens is 422 g/mol. The lowest BCUT2D eigenvalue weighted by Gasteiger charge is -2.11. The highest BCUT2D eigenvalue weighted by Gasteiger charge is 2.15. The number of amides is 1. The number of anilines is 1. The summed E-state index contributed by atoms with van der Waals surface area (Å²) in [6.07, 6.45) is 0. The lowest BCUT2D eigenvalue weighted by molar-refractivity contribution is 0.0978. The summed E-state index contributed by atoms with van der Waals surface area (Å²) in [5.41, 5.74) is 3.63. The molecule has 1 amide bonds. The van der Waals surface area contributed by atoms with Crippen LogP contribution in [0.2, 0.25) is 5.02 Å². The van der Waals surface area contributed by atoms with Crippen LogP contribution in [0.25, 0.3) is 22.6 Å². The van der Waals surface area contributed by atoms with Crippen LogP contribution in [0.15, 0.2) is 65.1 Å². The number of carbonyl (C=O) groups excluding carboxylic acids is 1. The second kappa shape index (κ2) is 8.14. The van der Waals surface area contributed by atoms with Crippen LogP contribution in [0.4, 0.5) is 5.69 Å². The quantitative estimate of drug-likeness (QED) is 0.298. The normalized spacial score (nSPS) is 10.7. The molecule has 0 saturated heterocycles. The van der Waals surface area contributed by atoms with Crippen molar-refractivity contribution < 1.29 is 14.3 Å². The molecule has 0 fully saturated rings. The number of phenols is 1. The largest absolute Gasteiger partial charge is 0.507 e. The number of aryl methyl sites for hydroxylation is 1. The average molecular weight is 438 g/mol. The highest BCUT2D eigenvalue weighted by Crippen LogP contribution is 2.33. The van der Waals surface area contributed by atoms with Crippen molar-refractivity contribution in [1.82, 2.24) is 10.3 Å². The summed E-state index contributed by atoms with van der Waals surface area (Å²) in [6, 6.07) is 17.1. The highest BCUT2D eigenvalue weighted by molar-refractivity contribution is 7.80. The maximum Gasteiger partial charge on any atom is 0.258 e. The molecule has 0 aliphatic heterocycles. The standard InChI is InChI=1S/C22H16ClN3O3S/c1-12-6-8-17-19(10-12)29-21(25-17)15-11-13(7-9-18(15)27)24-22(30)26-20(28)14-4-2-3-5-16(14)23/h2-11,27H,1H3,(H2,24,26,28,30). The fourth-order valence-corrected chi connectivity index (χ4v) is 3.34. The van der Waals surface area contributed by atoms with Crippen molar-refractivity contribution in [2.75, 3.05) is 5.32 Å². The Morgan fingerprint density at radius 3 is 2.73 bits per heavy atom. The molecule has 1 aromatic heterocycles. The molecule has 6 nitrogen and oxygen atoms in total. The Kier molecular flexibility index (Phi) is 5.39. The third-order valence-corrected chi connectivity index (χ3v) is 4.91. The van der Waals surface area contributed by atoms with E-state index in [0.717, 1.165) is 5.56 Å². The van der Waals surface area contributed by atoms with Crippen molar-refractivity contribution in [3.05, 3.63) is 76.8 Å². The topological polar surface area (TPSA) is 87.4 Å². The molecule has 150 valence electrons. The Morgan fingerprint density at radius 2 is 1.93 bits per heavy atom. The van der Waals surface area contributed by atoms with Gasteiger partial charge >= 0.3 is 0 Å². The minimum absolute atomic E-state index is 0.00912. The molecule has 0 radical (unpaired) electrons. The van der Waals surface area contributed by atoms with Gasteiger partial charge in [-0.3, -0.25) is 10.1 Å². The van der Waals surface area contributed by atoms with Gasteiger partial charge in [0.2, 0.25) is 5.89 Å². The SMILES string of the molecule is Cc1ccc2nc(-c3cc(NC(=S)NC(=O)c4ccccc4Cl)ccc3O)oc2c1. The van der Waals surface area contributed by atoms with Crippen LogP contribution in [-0.4, -0.2) is 21.1 Å². The van der Waals surface area contributed by atoms with Crippen LogP contribution in [0.1, 0.15) is 15.9 Å². The zero-order valence-electron chi connectivity index (χ0n) is 15.8. The van der Waals surface area contributed by atoms with Gasteiger partial charge in [-0.15, -0.1) is 0 Å². The average Bonchev–Trinajstić information content (AvgIpc) is 3.12. The van der Waals surface area contributed by atoms with E-state index >= 15 is 0 Å². The van der Waals surface area contributed by atoms with Crippen molar-refractivity contribution in [2.24, 2.45) is 0 Å². The maximum atomic E-state index is 12.3. The Labute approximate surface area is 182 Å². The van der Waals surface area contributed by atoms with E-state index in [-0.39, 0.29) is 16.8 Å². The second-order valence-electron chi connectivity index (χ2n) is 6.61. The van der Waals surface area contributed by atoms with E-state index in [2.05, 4.69) is 15.6 Å². The molecule has 0 unspecified atom stereocenters. The van der Waals surface area contributed by atoms with Crippen molar-refractivity contribution in [3.8, 4) is 17.2 Å². The number of oxazole rings is 1. The lowest BCUT2D eigenvalue weighted by atomic mass is 10.1. The number of halogens is 1. The van der Waals surface area contributed by atoms with Crippen LogP contribution in [0.3, 0.4) is 0 Å². The minimum atomic E-state index is -0.425. The van der Waals surface area contributed by atoms with Gasteiger partial charge in [0.25, 0.3) is 5.91 Å². The number of thiocarbonyl (C=S) groups is 1. The molecule has 1 heterocycles. The van der Waals surface area contributed by atoms with Gasteiger partial charge in [0, 0.05) is 5.69 Å². The Balaban J connectivity index is 1.54. The molecule has 30 heavy (non-hydrogen) atoms. The molecule has 8 heteroatoms. The molecule has 4 aromatic rings. The monoisotopic (exact) mass is 437 g/mol. The van der Waals surface area contributed by atoms with Crippen molar-refractivity contribution in [3.63, 3.8) is 0 Å². The van der Waals surface area contributed by atoms with Crippen LogP contribution < -0.4 is 10.6 Å². The summed E-state index contributed by atoms with van der Waals surface area (Å²) in [6.45, 7) is 1.96. The number of phenolic OH excluding ortho intramolecular Hbond substituents is 1. The number of nitrogens with one attached hydrogen (secondary N) is 2. The van der Waals surface area contributed by atoms with E-state index < -0.39 is 5.91 Å². The molecule has 0 saturated carbocycles. The summed E-state index contributed by atoms with van der Waals surface area (Å²) in [7, 11) is 0. The van der Waals surface area contributed by atoms with Crippen LogP contribution in [0.5, 0.6) is 5.75 Å². The van der Waals surface area contributed by atoms with Crippen molar-refractivity contribution in [2.45, 2.75) is 6.92 Å². The van der Waals surface area contributed by atoms with Crippen LogP contribution >= 0.6 is 23.8 Å². The van der Waals surface area contributed by atoms with Gasteiger partial charge in [-0.05, 0) is 67.2 Å². The third kappa shape index (κ3) is 4.12. The van der Waals surface area contributed by atoms with E-state index in [4.69, 9.17) is 28.2 Å². The van der Waals surface area contributed by atoms with Gasteiger partial charge in [-0.1, -0.05) is 29.8 Å². The number of rotatable bonds is 3. The smallest absolute Gasteiger partial charge is 0.258 e. The first-order valence-corrected chi connectivity index (χ1v) is 9.77. The Morgan fingerprint density at radius 1 is 1.13 bits per heavy atom. The first-order valence-electron chi connectivity index (χ1n) is 8.98. The molecular formula is C22H16ClN3O3S. The van der Waals surface area contributed by atoms with Gasteiger partial charge in [-0.25, -0.2) is 4.98 Å². The van der Waals surface area contributed by atoms with E-state index in [9.17, 15) is 9.90 Å². The second-order valence-corrected chi connectivity index (χ2v) is 7.43. The zero-order chi connectivity index (χ0) is 21.3. The van der Waals surface area contributed by atoms with Crippen molar-refractivity contribution in [1.29, 1.82) is 0 Å². The molecule has 3 N–H and O–H groups in total. The molecule has 0 atom stereocenters. The number of aromatic hydroxyl groups is 1. The fourth-order valence-electron chi connectivity index (χ4n) is 2.91. The lowest BCUT2D eigenvalue weighted by Crippen LogP contribution is -2.34. The van der Waals surface area contributed by atoms with E-state index in [1.807, 2.05) is 25.1 Å². The molecule has 0 spiro atoms. The number of fused-ring (bicyclic) bond motifs is 1. The fraction of sp³-hybridized carbons (Fsp3) is 0.0455. The summed E-state index contributed by atoms with van der Waals surface area (Å²) in [5.74, 6) is -0.135. The van der Waals surface area contributed by atoms with Gasteiger partial charge in [0.1, 0.15) is 11.3 Å². The van der Waals surface area contributed by atoms with Gasteiger partial charge in [0.15, 0.2) is 10.7 Å². The molecule has 3 aromatic carbocycles. The molecule has 0 bridgehead atoms. The third-order valence-electron chi connectivity index (χ3n) is 4.37. The first-order chi connectivity index (χ1) is 14.4. The highest BCUT2D eigenvalue weighted by atomic mass is 35.5. The van der Waals surface area contributed by atoms with E-state index in [0.29, 0.717) is 32.9 Å². The number of nitrogens with zero attached hydrogens (tertiary/aromatic N) is 1.